The molecular weight excluding hydrogens is 380 g/mol. The van der Waals surface area contributed by atoms with Gasteiger partial charge < -0.3 is 34.3 Å². The molecule has 5 fully saturated rings. The quantitative estimate of drug-likeness (QED) is 0.396. The van der Waals surface area contributed by atoms with Crippen LogP contribution in [0.1, 0.15) is 40.5 Å². The van der Waals surface area contributed by atoms with Gasteiger partial charge in [-0.1, -0.05) is 20.8 Å². The van der Waals surface area contributed by atoms with Crippen molar-refractivity contribution in [3.05, 3.63) is 11.1 Å². The van der Waals surface area contributed by atoms with Gasteiger partial charge in [-0.05, 0) is 12.8 Å². The number of cyclic esters (lactones) is 1. The lowest BCUT2D eigenvalue weighted by atomic mass is 9.42. The third-order valence-corrected chi connectivity index (χ3v) is 9.87. The van der Waals surface area contributed by atoms with Gasteiger partial charge in [-0.15, -0.1) is 0 Å². The molecule has 7 rings (SSSR count). The number of carbonyl (C=O) groups is 1. The molecule has 7 aliphatic rings. The zero-order valence-electron chi connectivity index (χ0n) is 16.9. The van der Waals surface area contributed by atoms with Gasteiger partial charge in [-0.25, -0.2) is 4.79 Å². The molecule has 3 saturated heterocycles. The van der Waals surface area contributed by atoms with Crippen molar-refractivity contribution in [2.24, 2.45) is 11.3 Å². The van der Waals surface area contributed by atoms with Crippen LogP contribution in [0, 0.1) is 11.3 Å². The van der Waals surface area contributed by atoms with E-state index in [9.17, 15) is 20.1 Å². The first-order valence-corrected chi connectivity index (χ1v) is 10.5. The molecule has 8 heteroatoms. The van der Waals surface area contributed by atoms with Crippen LogP contribution in [0.4, 0.5) is 0 Å². The third kappa shape index (κ3) is 1.27. The number of hydrogen-bond donors (Lipinski definition) is 3. The Bertz CT molecular complexity index is 941. The Hall–Kier alpha value is -1.03. The van der Waals surface area contributed by atoms with Crippen molar-refractivity contribution in [2.45, 2.75) is 93.0 Å². The van der Waals surface area contributed by atoms with E-state index in [1.807, 2.05) is 20.8 Å². The van der Waals surface area contributed by atoms with Gasteiger partial charge in [0.25, 0.3) is 0 Å². The molecule has 0 bridgehead atoms. The Morgan fingerprint density at radius 3 is 2.48 bits per heavy atom. The van der Waals surface area contributed by atoms with Crippen LogP contribution in [-0.4, -0.2) is 80.3 Å². The normalized spacial score (nSPS) is 65.6. The van der Waals surface area contributed by atoms with E-state index >= 15 is 0 Å². The second-order valence-corrected chi connectivity index (χ2v) is 10.7. The van der Waals surface area contributed by atoms with Crippen LogP contribution in [0.15, 0.2) is 11.1 Å². The largest absolute Gasteiger partial charge is 0.458 e. The lowest BCUT2D eigenvalue weighted by Gasteiger charge is -2.60. The van der Waals surface area contributed by atoms with Gasteiger partial charge in [0.05, 0.1) is 17.6 Å². The fourth-order valence-electron chi connectivity index (χ4n) is 8.36. The Labute approximate surface area is 167 Å². The Balaban J connectivity index is 1.47. The minimum atomic E-state index is -1.52. The zero-order valence-corrected chi connectivity index (χ0v) is 16.9. The summed E-state index contributed by atoms with van der Waals surface area (Å²) in [7, 11) is 0. The van der Waals surface area contributed by atoms with E-state index in [-0.39, 0.29) is 37.6 Å². The monoisotopic (exact) mass is 406 g/mol. The Morgan fingerprint density at radius 2 is 1.79 bits per heavy atom. The molecule has 0 aromatic heterocycles. The number of fused-ring (bicyclic) bond motifs is 4. The maximum Gasteiger partial charge on any atom is 0.334 e. The summed E-state index contributed by atoms with van der Waals surface area (Å²) in [4.78, 5) is 12.2. The van der Waals surface area contributed by atoms with Crippen molar-refractivity contribution >= 4 is 5.97 Å². The van der Waals surface area contributed by atoms with Gasteiger partial charge in [0.15, 0.2) is 5.60 Å². The Kier molecular flexibility index (Phi) is 2.54. The van der Waals surface area contributed by atoms with Crippen LogP contribution >= 0.6 is 0 Å². The summed E-state index contributed by atoms with van der Waals surface area (Å²) in [5.74, 6) is -0.433. The molecule has 2 saturated carbocycles. The third-order valence-electron chi connectivity index (χ3n) is 9.87. The highest BCUT2D eigenvalue weighted by Gasteiger charge is 3.05. The van der Waals surface area contributed by atoms with Crippen molar-refractivity contribution in [2.75, 3.05) is 6.61 Å². The second kappa shape index (κ2) is 4.18. The highest BCUT2D eigenvalue weighted by atomic mass is 16.8. The highest BCUT2D eigenvalue weighted by molar-refractivity contribution is 5.93. The van der Waals surface area contributed by atoms with Gasteiger partial charge in [0.2, 0.25) is 0 Å². The molecular formula is C21H26O8. The molecule has 0 aromatic rings. The molecule has 29 heavy (non-hydrogen) atoms. The zero-order chi connectivity index (χ0) is 20.6. The van der Waals surface area contributed by atoms with E-state index < -0.39 is 51.6 Å². The first-order chi connectivity index (χ1) is 13.5. The fourth-order valence-corrected chi connectivity index (χ4v) is 8.36. The number of esters is 1. The van der Waals surface area contributed by atoms with E-state index in [0.29, 0.717) is 11.1 Å². The van der Waals surface area contributed by atoms with Crippen LogP contribution in [0.2, 0.25) is 0 Å². The standard InChI is InChI=1S/C21H26O8/c1-8(2)19-13(28-19)14-21(29-14)16(3)11(22)5-9-10(7-26-15(9)23)18(16,25)6-12-20(21,27-12)17(19,4)24/h8,11-14,22,24-25H,5-7H2,1-4H3/t11-,12-,13-,14-,16-,17+,18-,19-,20+,21+/m0/s1. The smallest absolute Gasteiger partial charge is 0.334 e. The second-order valence-electron chi connectivity index (χ2n) is 10.7. The van der Waals surface area contributed by atoms with Gasteiger partial charge >= 0.3 is 5.97 Å². The molecule has 4 heterocycles. The number of rotatable bonds is 1. The lowest BCUT2D eigenvalue weighted by Crippen LogP contribution is -2.80. The minimum absolute atomic E-state index is 0.0136. The van der Waals surface area contributed by atoms with Gasteiger partial charge in [0.1, 0.15) is 41.2 Å². The van der Waals surface area contributed by atoms with E-state index in [2.05, 4.69) is 0 Å². The summed E-state index contributed by atoms with van der Waals surface area (Å²) < 4.78 is 24.0. The molecule has 0 radical (unpaired) electrons. The molecule has 3 aliphatic carbocycles. The van der Waals surface area contributed by atoms with Gasteiger partial charge in [0, 0.05) is 24.0 Å². The average molecular weight is 406 g/mol. The Morgan fingerprint density at radius 1 is 1.07 bits per heavy atom. The topological polar surface area (TPSA) is 125 Å². The molecule has 8 nitrogen and oxygen atoms in total. The molecule has 158 valence electrons. The van der Waals surface area contributed by atoms with Gasteiger partial charge in [-0.3, -0.25) is 0 Å². The maximum atomic E-state index is 12.2. The predicted octanol–water partition coefficient (Wildman–Crippen LogP) is -0.421. The van der Waals surface area contributed by atoms with Crippen molar-refractivity contribution in [3.8, 4) is 0 Å². The van der Waals surface area contributed by atoms with Crippen molar-refractivity contribution in [1.82, 2.24) is 0 Å². The molecule has 0 amide bonds. The summed E-state index contributed by atoms with van der Waals surface area (Å²) in [6.45, 7) is 7.62. The number of aliphatic hydroxyl groups is 3. The van der Waals surface area contributed by atoms with Crippen molar-refractivity contribution in [1.29, 1.82) is 0 Å². The fraction of sp³-hybridized carbons (Fsp3) is 0.857. The average Bonchev–Trinajstić information content (AvgIpc) is 3.52. The molecule has 4 aliphatic heterocycles. The molecule has 10 atom stereocenters. The summed E-state index contributed by atoms with van der Waals surface area (Å²) >= 11 is 0. The minimum Gasteiger partial charge on any atom is -0.458 e. The van der Waals surface area contributed by atoms with Gasteiger partial charge in [-0.2, -0.15) is 0 Å². The molecule has 0 unspecified atom stereocenters. The molecule has 0 aromatic carbocycles. The van der Waals surface area contributed by atoms with Crippen LogP contribution in [0.5, 0.6) is 0 Å². The molecule has 2 spiro atoms. The summed E-state index contributed by atoms with van der Waals surface area (Å²) in [5, 5.41) is 35.3. The summed E-state index contributed by atoms with van der Waals surface area (Å²) in [5.41, 5.74) is -6.08. The van der Waals surface area contributed by atoms with Crippen molar-refractivity contribution < 1.29 is 39.1 Å². The number of ether oxygens (including phenoxy) is 4. The maximum absolute atomic E-state index is 12.2. The van der Waals surface area contributed by atoms with Crippen LogP contribution in [0.25, 0.3) is 0 Å². The molecule has 3 N–H and O–H groups in total. The van der Waals surface area contributed by atoms with E-state index in [4.69, 9.17) is 18.9 Å². The number of aliphatic hydroxyl groups excluding tert-OH is 1. The van der Waals surface area contributed by atoms with E-state index in [0.717, 1.165) is 0 Å². The number of epoxide rings is 3. The highest BCUT2D eigenvalue weighted by Crippen LogP contribution is 2.85. The van der Waals surface area contributed by atoms with Crippen LogP contribution in [-0.2, 0) is 23.7 Å². The van der Waals surface area contributed by atoms with Crippen LogP contribution in [0.3, 0.4) is 0 Å². The first-order valence-electron chi connectivity index (χ1n) is 10.5. The SMILES string of the molecule is CC(C)[C@]12O[C@H]1[C@@H]1O[C@@]13[C@@]1(C)[C@@H](O)CC4=C(COC4=O)[C@@]1(O)C[C@@H]1O[C@@]13[C@]2(C)O. The van der Waals surface area contributed by atoms with Crippen molar-refractivity contribution in [3.63, 3.8) is 0 Å². The number of carbonyl (C=O) groups excluding carboxylic acids is 1. The van der Waals surface area contributed by atoms with E-state index in [1.54, 1.807) is 6.92 Å². The lowest BCUT2D eigenvalue weighted by molar-refractivity contribution is -0.221. The number of hydrogen-bond acceptors (Lipinski definition) is 8. The summed E-state index contributed by atoms with van der Waals surface area (Å²) in [6, 6.07) is 0. The predicted molar refractivity (Wildman–Crippen MR) is 94.6 cm³/mol. The summed E-state index contributed by atoms with van der Waals surface area (Å²) in [6.07, 6.45) is -1.96. The van der Waals surface area contributed by atoms with Crippen LogP contribution < -0.4 is 0 Å². The van der Waals surface area contributed by atoms with E-state index in [1.165, 1.54) is 0 Å². The first kappa shape index (κ1) is 17.6.